The van der Waals surface area contributed by atoms with Gasteiger partial charge in [-0.1, -0.05) is 44.2 Å². The van der Waals surface area contributed by atoms with E-state index in [0.29, 0.717) is 0 Å². The number of nitrogens with two attached hydrogens (primary N) is 1. The SMILES string of the molecule is CC(C)C(OC(N)=O)C(=O)NC(Cc1ccccc1)C(=O)CF. The predicted molar refractivity (Wildman–Crippen MR) is 82.4 cm³/mol. The fraction of sp³-hybridized carbons (Fsp3) is 0.438. The van der Waals surface area contributed by atoms with Gasteiger partial charge in [-0.15, -0.1) is 0 Å². The summed E-state index contributed by atoms with van der Waals surface area (Å²) in [5.74, 6) is -1.77. The van der Waals surface area contributed by atoms with E-state index in [9.17, 15) is 18.8 Å². The zero-order valence-electron chi connectivity index (χ0n) is 13.1. The molecule has 23 heavy (non-hydrogen) atoms. The molecule has 0 aliphatic rings. The van der Waals surface area contributed by atoms with Crippen LogP contribution in [-0.2, 0) is 20.7 Å². The van der Waals surface area contributed by atoms with Gasteiger partial charge < -0.3 is 15.8 Å². The number of ether oxygens (including phenoxy) is 1. The number of primary amides is 1. The van der Waals surface area contributed by atoms with Crippen molar-refractivity contribution in [2.24, 2.45) is 11.7 Å². The zero-order valence-corrected chi connectivity index (χ0v) is 13.1. The first-order chi connectivity index (χ1) is 10.8. The lowest BCUT2D eigenvalue weighted by atomic mass is 10.0. The molecule has 6 nitrogen and oxygen atoms in total. The summed E-state index contributed by atoms with van der Waals surface area (Å²) in [6, 6.07) is 7.87. The Morgan fingerprint density at radius 3 is 2.30 bits per heavy atom. The smallest absolute Gasteiger partial charge is 0.405 e. The van der Waals surface area contributed by atoms with E-state index in [2.05, 4.69) is 5.32 Å². The molecule has 1 aromatic rings. The highest BCUT2D eigenvalue weighted by Gasteiger charge is 2.29. The van der Waals surface area contributed by atoms with Crippen LogP contribution in [0.25, 0.3) is 0 Å². The number of amides is 2. The third kappa shape index (κ3) is 6.06. The predicted octanol–water partition coefficient (Wildman–Crippen LogP) is 1.37. The van der Waals surface area contributed by atoms with Crippen LogP contribution >= 0.6 is 0 Å². The van der Waals surface area contributed by atoms with Crippen LogP contribution in [0.1, 0.15) is 19.4 Å². The first kappa shape index (κ1) is 18.6. The zero-order chi connectivity index (χ0) is 17.4. The van der Waals surface area contributed by atoms with Crippen molar-refractivity contribution < 1.29 is 23.5 Å². The second-order valence-corrected chi connectivity index (χ2v) is 5.45. The number of Topliss-reactive ketones (excluding diaryl/α,β-unsaturated/α-hetero) is 1. The molecule has 0 saturated carbocycles. The fourth-order valence-corrected chi connectivity index (χ4v) is 2.06. The van der Waals surface area contributed by atoms with Crippen LogP contribution in [0.3, 0.4) is 0 Å². The van der Waals surface area contributed by atoms with Crippen molar-refractivity contribution in [2.45, 2.75) is 32.4 Å². The molecule has 2 atom stereocenters. The molecule has 0 spiro atoms. The Balaban J connectivity index is 2.85. The first-order valence-corrected chi connectivity index (χ1v) is 7.24. The highest BCUT2D eigenvalue weighted by Crippen LogP contribution is 2.10. The molecule has 1 aromatic carbocycles. The van der Waals surface area contributed by atoms with E-state index < -0.39 is 36.6 Å². The van der Waals surface area contributed by atoms with Crippen molar-refractivity contribution in [3.8, 4) is 0 Å². The van der Waals surface area contributed by atoms with Crippen molar-refractivity contribution in [1.29, 1.82) is 0 Å². The molecule has 3 N–H and O–H groups in total. The Labute approximate surface area is 134 Å². The van der Waals surface area contributed by atoms with Gasteiger partial charge in [-0.05, 0) is 17.9 Å². The van der Waals surface area contributed by atoms with Crippen molar-refractivity contribution in [2.75, 3.05) is 6.67 Å². The van der Waals surface area contributed by atoms with Gasteiger partial charge in [-0.25, -0.2) is 9.18 Å². The van der Waals surface area contributed by atoms with Crippen LogP contribution in [-0.4, -0.2) is 36.6 Å². The Hall–Kier alpha value is -2.44. The topological polar surface area (TPSA) is 98.5 Å². The van der Waals surface area contributed by atoms with E-state index in [0.717, 1.165) is 5.56 Å². The minimum Gasteiger partial charge on any atom is -0.436 e. The highest BCUT2D eigenvalue weighted by atomic mass is 19.1. The second-order valence-electron chi connectivity index (χ2n) is 5.45. The van der Waals surface area contributed by atoms with Crippen molar-refractivity contribution in [3.05, 3.63) is 35.9 Å². The van der Waals surface area contributed by atoms with E-state index in [1.54, 1.807) is 38.1 Å². The first-order valence-electron chi connectivity index (χ1n) is 7.24. The average molecular weight is 324 g/mol. The van der Waals surface area contributed by atoms with Gasteiger partial charge in [0.05, 0.1) is 6.04 Å². The number of nitrogens with one attached hydrogen (secondary N) is 1. The molecule has 0 aliphatic heterocycles. The number of carbonyl (C=O) groups excluding carboxylic acids is 3. The van der Waals surface area contributed by atoms with Crippen LogP contribution in [0.5, 0.6) is 0 Å². The van der Waals surface area contributed by atoms with Crippen molar-refractivity contribution in [3.63, 3.8) is 0 Å². The van der Waals surface area contributed by atoms with Crippen LogP contribution in [0.2, 0.25) is 0 Å². The lowest BCUT2D eigenvalue weighted by molar-refractivity contribution is -0.135. The molecule has 0 fully saturated rings. The quantitative estimate of drug-likeness (QED) is 0.754. The van der Waals surface area contributed by atoms with E-state index in [4.69, 9.17) is 10.5 Å². The summed E-state index contributed by atoms with van der Waals surface area (Å²) in [6.07, 6.45) is -2.08. The number of rotatable bonds is 8. The Kier molecular flexibility index (Phi) is 7.18. The molecule has 0 aromatic heterocycles. The van der Waals surface area contributed by atoms with Gasteiger partial charge in [0.25, 0.3) is 5.91 Å². The minimum absolute atomic E-state index is 0.150. The Morgan fingerprint density at radius 2 is 1.83 bits per heavy atom. The van der Waals surface area contributed by atoms with Gasteiger partial charge in [0, 0.05) is 0 Å². The van der Waals surface area contributed by atoms with E-state index in [1.165, 1.54) is 0 Å². The van der Waals surface area contributed by atoms with Gasteiger partial charge >= 0.3 is 6.09 Å². The molecule has 0 radical (unpaired) electrons. The van der Waals surface area contributed by atoms with Gasteiger partial charge in [0.1, 0.15) is 6.67 Å². The summed E-state index contributed by atoms with van der Waals surface area (Å²) in [5, 5.41) is 2.44. The van der Waals surface area contributed by atoms with Crippen LogP contribution in [0, 0.1) is 5.92 Å². The number of carbonyl (C=O) groups is 3. The third-order valence-electron chi connectivity index (χ3n) is 3.23. The largest absolute Gasteiger partial charge is 0.436 e. The monoisotopic (exact) mass is 324 g/mol. The van der Waals surface area contributed by atoms with Gasteiger partial charge in [-0.3, -0.25) is 9.59 Å². The Morgan fingerprint density at radius 1 is 1.22 bits per heavy atom. The number of hydrogen-bond acceptors (Lipinski definition) is 4. The number of halogens is 1. The summed E-state index contributed by atoms with van der Waals surface area (Å²) in [6.45, 7) is 2.13. The maximum atomic E-state index is 12.8. The van der Waals surface area contributed by atoms with Crippen LogP contribution < -0.4 is 11.1 Å². The van der Waals surface area contributed by atoms with Gasteiger partial charge in [0.15, 0.2) is 11.9 Å². The Bertz CT molecular complexity index is 548. The molecule has 126 valence electrons. The van der Waals surface area contributed by atoms with Gasteiger partial charge in [0.2, 0.25) is 0 Å². The number of alkyl halides is 1. The normalized spacial score (nSPS) is 13.2. The number of ketones is 1. The fourth-order valence-electron chi connectivity index (χ4n) is 2.06. The van der Waals surface area contributed by atoms with Crippen LogP contribution in [0.15, 0.2) is 30.3 Å². The summed E-state index contributed by atoms with van der Waals surface area (Å²) in [4.78, 5) is 34.8. The standard InChI is InChI=1S/C16H21FN2O4/c1-10(2)14(23-16(18)22)15(21)19-12(13(20)9-17)8-11-6-4-3-5-7-11/h3-7,10,12,14H,8-9H2,1-2H3,(H2,18,22)(H,19,21). The summed E-state index contributed by atoms with van der Waals surface area (Å²) >= 11 is 0. The molecule has 0 saturated heterocycles. The van der Waals surface area contributed by atoms with Crippen molar-refractivity contribution in [1.82, 2.24) is 5.32 Å². The molecule has 1 rings (SSSR count). The molecular formula is C16H21FN2O4. The van der Waals surface area contributed by atoms with Crippen molar-refractivity contribution >= 4 is 17.8 Å². The van der Waals surface area contributed by atoms with E-state index in [-0.39, 0.29) is 12.3 Å². The molecule has 7 heteroatoms. The number of benzene rings is 1. The lowest BCUT2D eigenvalue weighted by Crippen LogP contribution is -2.50. The maximum Gasteiger partial charge on any atom is 0.405 e. The summed E-state index contributed by atoms with van der Waals surface area (Å²) < 4.78 is 17.5. The maximum absolute atomic E-state index is 12.8. The molecule has 0 bridgehead atoms. The van der Waals surface area contributed by atoms with E-state index >= 15 is 0 Å². The summed E-state index contributed by atoms with van der Waals surface area (Å²) in [5.41, 5.74) is 5.72. The molecule has 2 amide bonds. The lowest BCUT2D eigenvalue weighted by Gasteiger charge is -2.23. The second kappa shape index (κ2) is 8.87. The minimum atomic E-state index is -1.19. The molecule has 0 aliphatic carbocycles. The molecular weight excluding hydrogens is 303 g/mol. The molecule has 2 unspecified atom stereocenters. The highest BCUT2D eigenvalue weighted by molar-refractivity contribution is 5.92. The number of hydrogen-bond donors (Lipinski definition) is 2. The van der Waals surface area contributed by atoms with Gasteiger partial charge in [-0.2, -0.15) is 0 Å². The summed E-state index contributed by atoms with van der Waals surface area (Å²) in [7, 11) is 0. The molecule has 0 heterocycles. The van der Waals surface area contributed by atoms with Crippen LogP contribution in [0.4, 0.5) is 9.18 Å². The third-order valence-corrected chi connectivity index (χ3v) is 3.23. The van der Waals surface area contributed by atoms with E-state index in [1.807, 2.05) is 6.07 Å². The average Bonchev–Trinajstić information content (AvgIpc) is 2.51.